The zero-order valence-electron chi connectivity index (χ0n) is 8.88. The van der Waals surface area contributed by atoms with E-state index in [2.05, 4.69) is 26.5 Å². The number of hydrogen-bond donors (Lipinski definition) is 1. The van der Waals surface area contributed by atoms with Gasteiger partial charge in [0.2, 0.25) is 0 Å². The lowest BCUT2D eigenvalue weighted by Gasteiger charge is -2.29. The molecular formula is C11H22OS. The molecule has 1 rings (SSSR count). The summed E-state index contributed by atoms with van der Waals surface area (Å²) in [4.78, 5) is 0. The lowest BCUT2D eigenvalue weighted by Crippen LogP contribution is -2.28. The average molecular weight is 202 g/mol. The summed E-state index contributed by atoms with van der Waals surface area (Å²) in [6, 6.07) is 0. The largest absolute Gasteiger partial charge is 0.381 e. The Hall–Kier alpha value is 0.310. The van der Waals surface area contributed by atoms with Gasteiger partial charge in [0.1, 0.15) is 0 Å². The summed E-state index contributed by atoms with van der Waals surface area (Å²) < 4.78 is 5.75. The summed E-state index contributed by atoms with van der Waals surface area (Å²) in [7, 11) is 0. The number of thiol groups is 1. The van der Waals surface area contributed by atoms with E-state index in [4.69, 9.17) is 4.74 Å². The van der Waals surface area contributed by atoms with Crippen LogP contribution in [0.2, 0.25) is 0 Å². The molecule has 1 saturated carbocycles. The molecule has 78 valence electrons. The standard InChI is InChI=1S/C11H22OS/c1-3-11(4-2,9-13)8-12-7-10-5-6-10/h10,13H,3-9H2,1-2H3. The second-order valence-corrected chi connectivity index (χ2v) is 4.64. The molecule has 1 aliphatic rings. The summed E-state index contributed by atoms with van der Waals surface area (Å²) >= 11 is 4.42. The van der Waals surface area contributed by atoms with E-state index in [-0.39, 0.29) is 0 Å². The molecule has 0 heterocycles. The Bertz CT molecular complexity index is 131. The van der Waals surface area contributed by atoms with Gasteiger partial charge in [0.15, 0.2) is 0 Å². The van der Waals surface area contributed by atoms with Crippen LogP contribution in [-0.2, 0) is 4.74 Å². The minimum absolute atomic E-state index is 0.331. The second kappa shape index (κ2) is 5.26. The molecule has 2 heteroatoms. The van der Waals surface area contributed by atoms with Gasteiger partial charge in [-0.25, -0.2) is 0 Å². The van der Waals surface area contributed by atoms with Crippen molar-refractivity contribution in [2.24, 2.45) is 11.3 Å². The van der Waals surface area contributed by atoms with Crippen molar-refractivity contribution >= 4 is 12.6 Å². The quantitative estimate of drug-likeness (QED) is 0.624. The van der Waals surface area contributed by atoms with E-state index in [9.17, 15) is 0 Å². The van der Waals surface area contributed by atoms with Gasteiger partial charge >= 0.3 is 0 Å². The van der Waals surface area contributed by atoms with Gasteiger partial charge in [-0.1, -0.05) is 13.8 Å². The number of rotatable bonds is 7. The molecule has 1 aliphatic carbocycles. The molecule has 0 bridgehead atoms. The van der Waals surface area contributed by atoms with Crippen molar-refractivity contribution in [3.05, 3.63) is 0 Å². The minimum atomic E-state index is 0.331. The van der Waals surface area contributed by atoms with Crippen LogP contribution >= 0.6 is 12.6 Å². The lowest BCUT2D eigenvalue weighted by molar-refractivity contribution is 0.0453. The van der Waals surface area contributed by atoms with E-state index in [0.717, 1.165) is 24.9 Å². The molecule has 0 aromatic carbocycles. The topological polar surface area (TPSA) is 9.23 Å². The summed E-state index contributed by atoms with van der Waals surface area (Å²) in [5.41, 5.74) is 0.331. The third kappa shape index (κ3) is 3.51. The van der Waals surface area contributed by atoms with E-state index < -0.39 is 0 Å². The monoisotopic (exact) mass is 202 g/mol. The van der Waals surface area contributed by atoms with Crippen molar-refractivity contribution in [3.63, 3.8) is 0 Å². The van der Waals surface area contributed by atoms with Crippen molar-refractivity contribution in [2.75, 3.05) is 19.0 Å². The zero-order valence-corrected chi connectivity index (χ0v) is 9.78. The smallest absolute Gasteiger partial charge is 0.0530 e. The predicted molar refractivity (Wildman–Crippen MR) is 60.4 cm³/mol. The van der Waals surface area contributed by atoms with Crippen molar-refractivity contribution in [1.29, 1.82) is 0 Å². The van der Waals surface area contributed by atoms with E-state index in [0.29, 0.717) is 5.41 Å². The van der Waals surface area contributed by atoms with Crippen LogP contribution < -0.4 is 0 Å². The highest BCUT2D eigenvalue weighted by molar-refractivity contribution is 7.80. The van der Waals surface area contributed by atoms with Crippen LogP contribution in [0.3, 0.4) is 0 Å². The Morgan fingerprint density at radius 3 is 2.31 bits per heavy atom. The number of hydrogen-bond acceptors (Lipinski definition) is 2. The first-order valence-electron chi connectivity index (χ1n) is 5.45. The second-order valence-electron chi connectivity index (χ2n) is 4.32. The van der Waals surface area contributed by atoms with Crippen LogP contribution in [-0.4, -0.2) is 19.0 Å². The van der Waals surface area contributed by atoms with Crippen LogP contribution in [0.4, 0.5) is 0 Å². The third-order valence-electron chi connectivity index (χ3n) is 3.29. The van der Waals surface area contributed by atoms with Crippen molar-refractivity contribution in [2.45, 2.75) is 39.5 Å². The molecule has 1 fully saturated rings. The molecule has 0 saturated heterocycles. The molecule has 1 nitrogen and oxygen atoms in total. The van der Waals surface area contributed by atoms with Crippen molar-refractivity contribution in [1.82, 2.24) is 0 Å². The van der Waals surface area contributed by atoms with Gasteiger partial charge in [0.25, 0.3) is 0 Å². The van der Waals surface area contributed by atoms with Crippen LogP contribution in [0.25, 0.3) is 0 Å². The Labute approximate surface area is 87.7 Å². The molecule has 0 N–H and O–H groups in total. The maximum atomic E-state index is 5.75. The molecule has 13 heavy (non-hydrogen) atoms. The molecular weight excluding hydrogens is 180 g/mol. The summed E-state index contributed by atoms with van der Waals surface area (Å²) in [5, 5.41) is 0. The van der Waals surface area contributed by atoms with Crippen LogP contribution in [0, 0.1) is 11.3 Å². The maximum Gasteiger partial charge on any atom is 0.0530 e. The summed E-state index contributed by atoms with van der Waals surface area (Å²) in [6.07, 6.45) is 5.12. The fourth-order valence-corrected chi connectivity index (χ4v) is 1.99. The van der Waals surface area contributed by atoms with Gasteiger partial charge in [-0.2, -0.15) is 12.6 Å². The van der Waals surface area contributed by atoms with Gasteiger partial charge in [-0.3, -0.25) is 0 Å². The zero-order chi connectivity index (χ0) is 9.73. The molecule has 0 unspecified atom stereocenters. The molecule has 0 atom stereocenters. The van der Waals surface area contributed by atoms with E-state index in [1.807, 2.05) is 0 Å². The molecule has 0 aromatic heterocycles. The normalized spacial score (nSPS) is 17.8. The first-order valence-corrected chi connectivity index (χ1v) is 6.08. The van der Waals surface area contributed by atoms with Crippen LogP contribution in [0.5, 0.6) is 0 Å². The highest BCUT2D eigenvalue weighted by Crippen LogP contribution is 2.32. The maximum absolute atomic E-state index is 5.75. The van der Waals surface area contributed by atoms with Gasteiger partial charge in [0.05, 0.1) is 6.61 Å². The van der Waals surface area contributed by atoms with Gasteiger partial charge in [0, 0.05) is 12.0 Å². The summed E-state index contributed by atoms with van der Waals surface area (Å²) in [6.45, 7) is 6.36. The Morgan fingerprint density at radius 1 is 1.31 bits per heavy atom. The van der Waals surface area contributed by atoms with Crippen molar-refractivity contribution < 1.29 is 4.74 Å². The summed E-state index contributed by atoms with van der Waals surface area (Å²) in [5.74, 6) is 1.83. The lowest BCUT2D eigenvalue weighted by atomic mass is 9.85. The molecule has 0 radical (unpaired) electrons. The van der Waals surface area contributed by atoms with E-state index in [1.54, 1.807) is 0 Å². The van der Waals surface area contributed by atoms with Crippen molar-refractivity contribution in [3.8, 4) is 0 Å². The van der Waals surface area contributed by atoms with Gasteiger partial charge < -0.3 is 4.74 Å². The highest BCUT2D eigenvalue weighted by atomic mass is 32.1. The van der Waals surface area contributed by atoms with E-state index >= 15 is 0 Å². The molecule has 0 aromatic rings. The predicted octanol–water partition coefficient (Wildman–Crippen LogP) is 3.15. The minimum Gasteiger partial charge on any atom is -0.381 e. The Morgan fingerprint density at radius 2 is 1.92 bits per heavy atom. The fraction of sp³-hybridized carbons (Fsp3) is 1.00. The van der Waals surface area contributed by atoms with Crippen LogP contribution in [0.15, 0.2) is 0 Å². The first-order chi connectivity index (χ1) is 6.26. The Balaban J connectivity index is 2.19. The first kappa shape index (κ1) is 11.4. The molecule has 0 spiro atoms. The number of ether oxygens (including phenoxy) is 1. The highest BCUT2D eigenvalue weighted by Gasteiger charge is 2.27. The van der Waals surface area contributed by atoms with Gasteiger partial charge in [-0.15, -0.1) is 0 Å². The molecule has 0 amide bonds. The third-order valence-corrected chi connectivity index (χ3v) is 3.96. The van der Waals surface area contributed by atoms with Crippen LogP contribution in [0.1, 0.15) is 39.5 Å². The molecule has 0 aliphatic heterocycles. The SMILES string of the molecule is CCC(CC)(CS)COCC1CC1. The van der Waals surface area contributed by atoms with E-state index in [1.165, 1.54) is 25.7 Å². The van der Waals surface area contributed by atoms with Gasteiger partial charge in [-0.05, 0) is 37.4 Å². The Kier molecular flexibility index (Phi) is 4.60. The fourth-order valence-electron chi connectivity index (χ4n) is 1.45. The average Bonchev–Trinajstić information content (AvgIpc) is 2.97.